The molecular weight excluding hydrogens is 406 g/mol. The maximum atomic E-state index is 12.5. The Kier molecular flexibility index (Phi) is 7.38. The number of likely N-dealkylation sites (tertiary alicyclic amines) is 1. The first-order valence-electron chi connectivity index (χ1n) is 10.9. The Morgan fingerprint density at radius 2 is 1.71 bits per heavy atom. The van der Waals surface area contributed by atoms with Crippen LogP contribution in [0.4, 0.5) is 5.69 Å². The lowest BCUT2D eigenvalue weighted by Gasteiger charge is -2.16. The van der Waals surface area contributed by atoms with Gasteiger partial charge in [0.05, 0.1) is 18.8 Å². The van der Waals surface area contributed by atoms with Gasteiger partial charge in [-0.05, 0) is 55.6 Å². The highest BCUT2D eigenvalue weighted by Crippen LogP contribution is 2.21. The minimum Gasteiger partial charge on any atom is -0.325 e. The summed E-state index contributed by atoms with van der Waals surface area (Å²) in [6, 6.07) is 18.3. The van der Waals surface area contributed by atoms with Gasteiger partial charge in [-0.1, -0.05) is 61.2 Å². The first-order chi connectivity index (χ1) is 15.2. The summed E-state index contributed by atoms with van der Waals surface area (Å²) in [6.45, 7) is 5.85. The molecular formula is C24H29N5OS. The lowest BCUT2D eigenvalue weighted by atomic mass is 10.1. The number of carbonyl (C=O) groups is 1. The van der Waals surface area contributed by atoms with Gasteiger partial charge in [-0.25, -0.2) is 0 Å². The van der Waals surface area contributed by atoms with Crippen molar-refractivity contribution in [3.05, 3.63) is 71.5 Å². The number of aryl methyl sites for hydroxylation is 1. The summed E-state index contributed by atoms with van der Waals surface area (Å²) in [5.41, 5.74) is 3.28. The highest BCUT2D eigenvalue weighted by Gasteiger charge is 2.19. The van der Waals surface area contributed by atoms with Crippen molar-refractivity contribution in [2.75, 3.05) is 24.2 Å². The lowest BCUT2D eigenvalue weighted by molar-refractivity contribution is -0.113. The summed E-state index contributed by atoms with van der Waals surface area (Å²) in [5, 5.41) is 12.7. The van der Waals surface area contributed by atoms with Crippen molar-refractivity contribution < 1.29 is 4.79 Å². The molecule has 1 aromatic heterocycles. The van der Waals surface area contributed by atoms with Crippen LogP contribution in [0.1, 0.15) is 36.7 Å². The van der Waals surface area contributed by atoms with Gasteiger partial charge in [0.25, 0.3) is 0 Å². The Hall–Kier alpha value is -2.64. The predicted molar refractivity (Wildman–Crippen MR) is 125 cm³/mol. The summed E-state index contributed by atoms with van der Waals surface area (Å²) in [4.78, 5) is 14.9. The molecule has 31 heavy (non-hydrogen) atoms. The lowest BCUT2D eigenvalue weighted by Crippen LogP contribution is -2.22. The van der Waals surface area contributed by atoms with Crippen molar-refractivity contribution in [2.24, 2.45) is 0 Å². The number of carbonyl (C=O) groups excluding carboxylic acids is 1. The fourth-order valence-electron chi connectivity index (χ4n) is 3.76. The van der Waals surface area contributed by atoms with Gasteiger partial charge in [0.2, 0.25) is 5.91 Å². The van der Waals surface area contributed by atoms with Crippen LogP contribution in [0.15, 0.2) is 59.8 Å². The number of hydrogen-bond acceptors (Lipinski definition) is 5. The van der Waals surface area contributed by atoms with Gasteiger partial charge in [-0.15, -0.1) is 10.2 Å². The molecule has 0 bridgehead atoms. The minimum absolute atomic E-state index is 0.0374. The van der Waals surface area contributed by atoms with Crippen LogP contribution in [0.3, 0.4) is 0 Å². The molecule has 1 aliphatic heterocycles. The zero-order valence-electron chi connectivity index (χ0n) is 18.0. The average molecular weight is 436 g/mol. The van der Waals surface area contributed by atoms with Crippen LogP contribution in [-0.2, 0) is 24.3 Å². The van der Waals surface area contributed by atoms with E-state index in [-0.39, 0.29) is 5.91 Å². The Bertz CT molecular complexity index is 981. The van der Waals surface area contributed by atoms with E-state index < -0.39 is 0 Å². The molecule has 3 aromatic rings. The molecule has 1 N–H and O–H groups in total. The molecule has 0 aliphatic carbocycles. The van der Waals surface area contributed by atoms with Crippen molar-refractivity contribution in [3.63, 3.8) is 0 Å². The second-order valence-electron chi connectivity index (χ2n) is 7.84. The summed E-state index contributed by atoms with van der Waals surface area (Å²) in [5.74, 6) is 1.22. The Labute approximate surface area is 188 Å². The van der Waals surface area contributed by atoms with E-state index in [0.717, 1.165) is 42.7 Å². The van der Waals surface area contributed by atoms with Crippen molar-refractivity contribution in [3.8, 4) is 0 Å². The van der Waals surface area contributed by atoms with E-state index in [0.29, 0.717) is 12.3 Å². The van der Waals surface area contributed by atoms with Crippen LogP contribution in [0.25, 0.3) is 0 Å². The summed E-state index contributed by atoms with van der Waals surface area (Å²) in [6.07, 6.45) is 3.47. The fourth-order valence-corrected chi connectivity index (χ4v) is 4.52. The Morgan fingerprint density at radius 3 is 2.42 bits per heavy atom. The van der Waals surface area contributed by atoms with E-state index in [1.165, 1.54) is 35.7 Å². The number of aromatic nitrogens is 3. The third kappa shape index (κ3) is 5.95. The van der Waals surface area contributed by atoms with Crippen LogP contribution in [-0.4, -0.2) is 44.4 Å². The van der Waals surface area contributed by atoms with E-state index in [1.807, 2.05) is 42.5 Å². The number of nitrogens with one attached hydrogen (secondary N) is 1. The molecule has 1 fully saturated rings. The summed E-state index contributed by atoms with van der Waals surface area (Å²) in [7, 11) is 0. The monoisotopic (exact) mass is 435 g/mol. The normalized spacial score (nSPS) is 14.1. The van der Waals surface area contributed by atoms with Crippen molar-refractivity contribution in [1.29, 1.82) is 0 Å². The maximum absolute atomic E-state index is 12.5. The topological polar surface area (TPSA) is 63.1 Å². The number of amides is 1. The van der Waals surface area contributed by atoms with E-state index in [1.54, 1.807) is 0 Å². The quantitative estimate of drug-likeness (QED) is 0.510. The molecule has 0 unspecified atom stereocenters. The SMILES string of the molecule is CCc1ccc(NC(=O)CSc2nnc(CN3CCCC3)n2Cc2ccccc2)cc1. The summed E-state index contributed by atoms with van der Waals surface area (Å²) < 4.78 is 2.15. The zero-order chi connectivity index (χ0) is 21.5. The van der Waals surface area contributed by atoms with E-state index in [2.05, 4.69) is 44.0 Å². The first-order valence-corrected chi connectivity index (χ1v) is 11.9. The second kappa shape index (κ2) is 10.6. The van der Waals surface area contributed by atoms with Crippen molar-refractivity contribution >= 4 is 23.4 Å². The molecule has 0 spiro atoms. The smallest absolute Gasteiger partial charge is 0.234 e. The highest BCUT2D eigenvalue weighted by atomic mass is 32.2. The molecule has 1 amide bonds. The van der Waals surface area contributed by atoms with Crippen LogP contribution in [0.2, 0.25) is 0 Å². The van der Waals surface area contributed by atoms with Crippen molar-refractivity contribution in [2.45, 2.75) is 44.4 Å². The van der Waals surface area contributed by atoms with Gasteiger partial charge >= 0.3 is 0 Å². The zero-order valence-corrected chi connectivity index (χ0v) is 18.8. The molecule has 0 saturated carbocycles. The molecule has 162 valence electrons. The molecule has 7 heteroatoms. The van der Waals surface area contributed by atoms with E-state index in [4.69, 9.17) is 0 Å². The Balaban J connectivity index is 1.43. The number of thioether (sulfide) groups is 1. The van der Waals surface area contributed by atoms with Crippen LogP contribution in [0, 0.1) is 0 Å². The third-order valence-electron chi connectivity index (χ3n) is 5.52. The average Bonchev–Trinajstić information content (AvgIpc) is 3.44. The number of hydrogen-bond donors (Lipinski definition) is 1. The van der Waals surface area contributed by atoms with Gasteiger partial charge in [-0.3, -0.25) is 9.69 Å². The largest absolute Gasteiger partial charge is 0.325 e. The Morgan fingerprint density at radius 1 is 0.968 bits per heavy atom. The maximum Gasteiger partial charge on any atom is 0.234 e. The summed E-state index contributed by atoms with van der Waals surface area (Å²) >= 11 is 1.44. The van der Waals surface area contributed by atoms with E-state index >= 15 is 0 Å². The van der Waals surface area contributed by atoms with Gasteiger partial charge in [-0.2, -0.15) is 0 Å². The molecule has 0 atom stereocenters. The van der Waals surface area contributed by atoms with Crippen molar-refractivity contribution in [1.82, 2.24) is 19.7 Å². The predicted octanol–water partition coefficient (Wildman–Crippen LogP) is 4.22. The molecule has 1 saturated heterocycles. The van der Waals surface area contributed by atoms with Gasteiger partial charge < -0.3 is 9.88 Å². The number of rotatable bonds is 9. The minimum atomic E-state index is -0.0374. The van der Waals surface area contributed by atoms with E-state index in [9.17, 15) is 4.79 Å². The van der Waals surface area contributed by atoms with Crippen LogP contribution < -0.4 is 5.32 Å². The van der Waals surface area contributed by atoms with Gasteiger partial charge in [0, 0.05) is 5.69 Å². The molecule has 4 rings (SSSR count). The van der Waals surface area contributed by atoms with Crippen LogP contribution >= 0.6 is 11.8 Å². The number of anilines is 1. The van der Waals surface area contributed by atoms with Gasteiger partial charge in [0.1, 0.15) is 5.82 Å². The molecule has 1 aliphatic rings. The molecule has 2 aromatic carbocycles. The molecule has 2 heterocycles. The van der Waals surface area contributed by atoms with Gasteiger partial charge in [0.15, 0.2) is 5.16 Å². The highest BCUT2D eigenvalue weighted by molar-refractivity contribution is 7.99. The standard InChI is InChI=1S/C24H29N5OS/c1-2-19-10-12-21(13-11-19)25-23(30)18-31-24-27-26-22(17-28-14-6-7-15-28)29(24)16-20-8-4-3-5-9-20/h3-5,8-13H,2,6-7,14-18H2,1H3,(H,25,30). The van der Waals surface area contributed by atoms with Crippen LogP contribution in [0.5, 0.6) is 0 Å². The second-order valence-corrected chi connectivity index (χ2v) is 8.78. The third-order valence-corrected chi connectivity index (χ3v) is 6.49. The first kappa shape index (κ1) is 21.6. The fraction of sp³-hybridized carbons (Fsp3) is 0.375. The number of nitrogens with zero attached hydrogens (tertiary/aromatic N) is 4. The number of benzene rings is 2. The molecule has 0 radical (unpaired) electrons. The molecule has 6 nitrogen and oxygen atoms in total.